The van der Waals surface area contributed by atoms with Crippen LogP contribution < -0.4 is 11.0 Å². The van der Waals surface area contributed by atoms with Crippen LogP contribution in [-0.4, -0.2) is 63.9 Å². The van der Waals surface area contributed by atoms with Gasteiger partial charge in [0.25, 0.3) is 0 Å². The van der Waals surface area contributed by atoms with Gasteiger partial charge in [-0.1, -0.05) is 29.2 Å². The van der Waals surface area contributed by atoms with Gasteiger partial charge in [-0.25, -0.2) is 9.78 Å². The number of anilines is 1. The molecule has 3 heterocycles. The Balaban J connectivity index is 1.26. The number of fused-ring (bicyclic) bond motifs is 2. The van der Waals surface area contributed by atoms with Crippen LogP contribution in [0.5, 0.6) is 0 Å². The monoisotopic (exact) mass is 499 g/mol. The van der Waals surface area contributed by atoms with Crippen LogP contribution in [0.15, 0.2) is 28.0 Å². The molecule has 3 aromatic rings. The Morgan fingerprint density at radius 3 is 2.85 bits per heavy atom. The lowest BCUT2D eigenvalue weighted by Crippen LogP contribution is -2.40. The Bertz CT molecular complexity index is 1250. The van der Waals surface area contributed by atoms with E-state index >= 15 is 0 Å². The lowest BCUT2D eigenvalue weighted by atomic mass is 9.97. The van der Waals surface area contributed by atoms with Crippen molar-refractivity contribution in [2.75, 3.05) is 43.9 Å². The number of carbonyl (C=O) groups is 1. The van der Waals surface area contributed by atoms with Crippen molar-refractivity contribution in [1.82, 2.24) is 19.4 Å². The summed E-state index contributed by atoms with van der Waals surface area (Å²) in [6.07, 6.45) is 3.96. The number of aryl methyl sites for hydroxylation is 1. The van der Waals surface area contributed by atoms with Crippen molar-refractivity contribution >= 4 is 44.4 Å². The molecule has 1 aliphatic heterocycles. The molecule has 1 aliphatic carbocycles. The molecule has 0 atom stereocenters. The lowest BCUT2D eigenvalue weighted by molar-refractivity contribution is -0.113. The van der Waals surface area contributed by atoms with E-state index in [4.69, 9.17) is 4.74 Å². The summed E-state index contributed by atoms with van der Waals surface area (Å²) in [7, 11) is 0. The van der Waals surface area contributed by atoms with Gasteiger partial charge in [-0.2, -0.15) is 4.98 Å². The number of rotatable bonds is 7. The summed E-state index contributed by atoms with van der Waals surface area (Å²) in [5.41, 5.74) is 4.08. The third-order valence-electron chi connectivity index (χ3n) is 6.32. The second kappa shape index (κ2) is 10.6. The topological polar surface area (TPSA) is 89.3 Å². The Morgan fingerprint density at radius 1 is 1.18 bits per heavy atom. The Hall–Kier alpha value is -2.27. The van der Waals surface area contributed by atoms with E-state index < -0.39 is 0 Å². The zero-order valence-electron chi connectivity index (χ0n) is 19.3. The van der Waals surface area contributed by atoms with Gasteiger partial charge in [0.05, 0.1) is 29.2 Å². The molecule has 2 aromatic heterocycles. The van der Waals surface area contributed by atoms with Crippen molar-refractivity contribution < 1.29 is 9.53 Å². The fourth-order valence-corrected chi connectivity index (χ4v) is 6.40. The number of morpholine rings is 1. The Morgan fingerprint density at radius 2 is 2.00 bits per heavy atom. The number of benzene rings is 1. The van der Waals surface area contributed by atoms with E-state index in [1.807, 2.05) is 23.6 Å². The van der Waals surface area contributed by atoms with Gasteiger partial charge in [0.1, 0.15) is 5.03 Å². The molecule has 1 saturated heterocycles. The molecule has 180 valence electrons. The van der Waals surface area contributed by atoms with E-state index in [-0.39, 0.29) is 17.3 Å². The number of carbonyl (C=O) groups excluding carboxylic acids is 1. The zero-order valence-corrected chi connectivity index (χ0v) is 21.0. The third-order valence-corrected chi connectivity index (χ3v) is 8.28. The first kappa shape index (κ1) is 23.5. The quantitative estimate of drug-likeness (QED) is 0.395. The van der Waals surface area contributed by atoms with Crippen LogP contribution in [0.3, 0.4) is 0 Å². The van der Waals surface area contributed by atoms with Crippen LogP contribution in [0.1, 0.15) is 29.7 Å². The van der Waals surface area contributed by atoms with E-state index in [1.54, 1.807) is 0 Å². The predicted molar refractivity (Wildman–Crippen MR) is 136 cm³/mol. The number of ether oxygens (including phenoxy) is 1. The normalized spacial score (nSPS) is 16.5. The number of amides is 1. The van der Waals surface area contributed by atoms with Gasteiger partial charge in [0.15, 0.2) is 5.13 Å². The summed E-state index contributed by atoms with van der Waals surface area (Å²) in [5.74, 6) is 0.0645. The van der Waals surface area contributed by atoms with Crippen molar-refractivity contribution in [2.24, 2.45) is 0 Å². The van der Waals surface area contributed by atoms with Crippen molar-refractivity contribution in [3.8, 4) is 0 Å². The van der Waals surface area contributed by atoms with Gasteiger partial charge >= 0.3 is 5.69 Å². The van der Waals surface area contributed by atoms with Crippen LogP contribution in [0.4, 0.5) is 5.13 Å². The molecule has 34 heavy (non-hydrogen) atoms. The molecule has 0 bridgehead atoms. The zero-order chi connectivity index (χ0) is 23.5. The predicted octanol–water partition coefficient (Wildman–Crippen LogP) is 3.10. The van der Waals surface area contributed by atoms with Crippen molar-refractivity contribution in [3.63, 3.8) is 0 Å². The first-order valence-electron chi connectivity index (χ1n) is 11.8. The molecule has 0 radical (unpaired) electrons. The molecule has 0 spiro atoms. The molecular formula is C24H29N5O3S2. The van der Waals surface area contributed by atoms with Crippen LogP contribution >= 0.6 is 23.1 Å². The van der Waals surface area contributed by atoms with Crippen molar-refractivity contribution in [1.29, 1.82) is 0 Å². The molecule has 0 saturated carbocycles. The van der Waals surface area contributed by atoms with Crippen LogP contribution in [0.2, 0.25) is 0 Å². The number of aromatic nitrogens is 3. The van der Waals surface area contributed by atoms with Crippen molar-refractivity contribution in [2.45, 2.75) is 44.2 Å². The van der Waals surface area contributed by atoms with E-state index in [9.17, 15) is 9.59 Å². The third kappa shape index (κ3) is 5.35. The van der Waals surface area contributed by atoms with Gasteiger partial charge < -0.3 is 10.1 Å². The minimum Gasteiger partial charge on any atom is -0.379 e. The maximum Gasteiger partial charge on any atom is 0.348 e. The highest BCUT2D eigenvalue weighted by molar-refractivity contribution is 8.00. The lowest BCUT2D eigenvalue weighted by Gasteiger charge is -2.28. The molecule has 1 fully saturated rings. The Labute approximate surface area is 206 Å². The molecule has 1 aromatic carbocycles. The minimum atomic E-state index is -0.210. The standard InChI is InChI=1S/C24H29N5O3S2/c1-16-6-7-18-20(14-16)34-23(25-18)26-21(30)15-33-22-17-4-2-3-5-19(17)29(24(31)27-22)9-8-28-10-12-32-13-11-28/h6-7,14H,2-5,8-13,15H2,1H3,(H,25,26,30). The second-order valence-corrected chi connectivity index (χ2v) is 10.8. The number of nitrogens with zero attached hydrogens (tertiary/aromatic N) is 4. The first-order valence-corrected chi connectivity index (χ1v) is 13.6. The summed E-state index contributed by atoms with van der Waals surface area (Å²) in [5, 5.41) is 4.21. The number of hydrogen-bond donors (Lipinski definition) is 1. The van der Waals surface area contributed by atoms with Gasteiger partial charge in [-0.05, 0) is 50.3 Å². The van der Waals surface area contributed by atoms with E-state index in [0.29, 0.717) is 16.7 Å². The molecule has 0 unspecified atom stereocenters. The van der Waals surface area contributed by atoms with Gasteiger partial charge in [0.2, 0.25) is 5.91 Å². The maximum atomic E-state index is 12.9. The fraction of sp³-hybridized carbons (Fsp3) is 0.500. The van der Waals surface area contributed by atoms with E-state index in [1.165, 1.54) is 28.7 Å². The molecule has 8 nitrogen and oxygen atoms in total. The average molecular weight is 500 g/mol. The summed E-state index contributed by atoms with van der Waals surface area (Å²) in [6, 6.07) is 6.05. The molecule has 5 rings (SSSR count). The van der Waals surface area contributed by atoms with Crippen LogP contribution in [0, 0.1) is 6.92 Å². The SMILES string of the molecule is Cc1ccc2nc(NC(=O)CSc3nc(=O)n(CCN4CCOCC4)c4c3CCCC4)sc2c1. The molecular weight excluding hydrogens is 470 g/mol. The highest BCUT2D eigenvalue weighted by atomic mass is 32.2. The highest BCUT2D eigenvalue weighted by Crippen LogP contribution is 2.30. The molecule has 1 amide bonds. The van der Waals surface area contributed by atoms with Gasteiger partial charge in [0, 0.05) is 37.4 Å². The van der Waals surface area contributed by atoms with E-state index in [2.05, 4.69) is 26.3 Å². The molecule has 10 heteroatoms. The summed E-state index contributed by atoms with van der Waals surface area (Å²) in [6.45, 7) is 6.82. The number of hydrogen-bond acceptors (Lipinski definition) is 8. The summed E-state index contributed by atoms with van der Waals surface area (Å²) < 4.78 is 8.34. The maximum absolute atomic E-state index is 12.9. The highest BCUT2D eigenvalue weighted by Gasteiger charge is 2.22. The number of thioether (sulfide) groups is 1. The largest absolute Gasteiger partial charge is 0.379 e. The van der Waals surface area contributed by atoms with Crippen LogP contribution in [-0.2, 0) is 28.9 Å². The van der Waals surface area contributed by atoms with Crippen LogP contribution in [0.25, 0.3) is 10.2 Å². The van der Waals surface area contributed by atoms with Gasteiger partial charge in [-0.3, -0.25) is 14.3 Å². The van der Waals surface area contributed by atoms with E-state index in [0.717, 1.165) is 80.0 Å². The fourth-order valence-electron chi connectivity index (χ4n) is 4.54. The first-order chi connectivity index (χ1) is 16.6. The molecule has 2 aliphatic rings. The number of thiazole rings is 1. The molecule has 1 N–H and O–H groups in total. The van der Waals surface area contributed by atoms with Gasteiger partial charge in [-0.15, -0.1) is 0 Å². The second-order valence-electron chi connectivity index (χ2n) is 8.76. The van der Waals surface area contributed by atoms with Crippen molar-refractivity contribution in [3.05, 3.63) is 45.5 Å². The smallest absolute Gasteiger partial charge is 0.348 e. The minimum absolute atomic E-state index is 0.136. The average Bonchev–Trinajstić information content (AvgIpc) is 3.24. The number of nitrogens with one attached hydrogen (secondary N) is 1. The summed E-state index contributed by atoms with van der Waals surface area (Å²) in [4.78, 5) is 36.8. The Kier molecular flexibility index (Phi) is 7.29. The summed E-state index contributed by atoms with van der Waals surface area (Å²) >= 11 is 2.83.